The van der Waals surface area contributed by atoms with Gasteiger partial charge in [-0.15, -0.1) is 0 Å². The molecule has 2 N–H and O–H groups in total. The van der Waals surface area contributed by atoms with Crippen molar-refractivity contribution >= 4 is 11.7 Å². The van der Waals surface area contributed by atoms with Crippen molar-refractivity contribution in [3.05, 3.63) is 23.5 Å². The Hall–Kier alpha value is -2.12. The van der Waals surface area contributed by atoms with Gasteiger partial charge in [-0.2, -0.15) is 13.2 Å². The Morgan fingerprint density at radius 1 is 1.35 bits per heavy atom. The van der Waals surface area contributed by atoms with Crippen molar-refractivity contribution < 1.29 is 27.5 Å². The van der Waals surface area contributed by atoms with Gasteiger partial charge >= 0.3 is 6.18 Å². The molecule has 1 aliphatic rings. The van der Waals surface area contributed by atoms with Crippen LogP contribution in [0.3, 0.4) is 0 Å². The van der Waals surface area contributed by atoms with Crippen molar-refractivity contribution in [1.82, 2.24) is 4.98 Å². The van der Waals surface area contributed by atoms with Crippen molar-refractivity contribution in [2.75, 3.05) is 6.61 Å². The number of Topliss-reactive ketones (excluding diaryl/α,β-unsaturated/α-hetero) is 1. The van der Waals surface area contributed by atoms with Gasteiger partial charge in [0.25, 0.3) is 0 Å². The minimum absolute atomic E-state index is 0.0124. The van der Waals surface area contributed by atoms with E-state index in [1.165, 1.54) is 12.3 Å². The fourth-order valence-corrected chi connectivity index (χ4v) is 2.78. The van der Waals surface area contributed by atoms with Crippen LogP contribution in [0.4, 0.5) is 13.2 Å². The zero-order valence-electron chi connectivity index (χ0n) is 14.8. The van der Waals surface area contributed by atoms with E-state index in [0.29, 0.717) is 12.0 Å². The van der Waals surface area contributed by atoms with E-state index < -0.39 is 30.4 Å². The lowest BCUT2D eigenvalue weighted by atomic mass is 9.91. The molecule has 1 aromatic rings. The summed E-state index contributed by atoms with van der Waals surface area (Å²) in [6, 6.07) is 1.25. The van der Waals surface area contributed by atoms with E-state index in [2.05, 4.69) is 4.98 Å². The van der Waals surface area contributed by atoms with E-state index >= 15 is 0 Å². The maximum absolute atomic E-state index is 12.5. The molecule has 0 aliphatic heterocycles. The number of rotatable bonds is 9. The number of carbonyl (C=O) groups is 2. The van der Waals surface area contributed by atoms with Gasteiger partial charge < -0.3 is 10.5 Å². The second kappa shape index (κ2) is 8.05. The number of halogens is 3. The van der Waals surface area contributed by atoms with E-state index in [0.717, 1.165) is 12.8 Å². The fourth-order valence-electron chi connectivity index (χ4n) is 2.78. The number of primary amides is 1. The molecule has 1 heterocycles. The molecule has 0 saturated heterocycles. The van der Waals surface area contributed by atoms with E-state index in [9.17, 15) is 22.8 Å². The molecule has 2 rings (SSSR count). The Morgan fingerprint density at radius 2 is 2.00 bits per heavy atom. The molecule has 0 aromatic carbocycles. The van der Waals surface area contributed by atoms with Crippen molar-refractivity contribution in [1.29, 1.82) is 0 Å². The molecule has 0 bridgehead atoms. The summed E-state index contributed by atoms with van der Waals surface area (Å²) in [6.45, 7) is 2.39. The quantitative estimate of drug-likeness (QED) is 0.671. The number of alkyl halides is 3. The van der Waals surface area contributed by atoms with Crippen LogP contribution in [-0.4, -0.2) is 29.5 Å². The second-order valence-corrected chi connectivity index (χ2v) is 7.14. The van der Waals surface area contributed by atoms with E-state index in [1.807, 2.05) is 13.8 Å². The van der Waals surface area contributed by atoms with Gasteiger partial charge in [0.05, 0.1) is 0 Å². The zero-order chi connectivity index (χ0) is 19.5. The van der Waals surface area contributed by atoms with Gasteiger partial charge in [-0.3, -0.25) is 14.6 Å². The van der Waals surface area contributed by atoms with Crippen molar-refractivity contribution in [3.63, 3.8) is 0 Å². The smallest absolute Gasteiger partial charge is 0.422 e. The summed E-state index contributed by atoms with van der Waals surface area (Å²) < 4.78 is 42.3. The van der Waals surface area contributed by atoms with Crippen LogP contribution < -0.4 is 10.5 Å². The number of carbonyl (C=O) groups excluding carboxylic acids is 2. The lowest BCUT2D eigenvalue weighted by molar-refractivity contribution is -0.153. The van der Waals surface area contributed by atoms with Crippen LogP contribution in [0, 0.1) is 11.8 Å². The van der Waals surface area contributed by atoms with Crippen LogP contribution in [-0.2, 0) is 4.79 Å². The Bertz CT molecular complexity index is 670. The minimum Gasteiger partial charge on any atom is -0.484 e. The predicted molar refractivity (Wildman–Crippen MR) is 88.8 cm³/mol. The third kappa shape index (κ3) is 6.00. The average molecular weight is 372 g/mol. The summed E-state index contributed by atoms with van der Waals surface area (Å²) in [6.07, 6.45) is -1.02. The molecule has 1 amide bonds. The first kappa shape index (κ1) is 20.2. The summed E-state index contributed by atoms with van der Waals surface area (Å²) in [5, 5.41) is 0. The molecule has 26 heavy (non-hydrogen) atoms. The van der Waals surface area contributed by atoms with Gasteiger partial charge in [0.1, 0.15) is 11.4 Å². The number of hydrogen-bond acceptors (Lipinski definition) is 4. The van der Waals surface area contributed by atoms with Crippen molar-refractivity contribution in [2.45, 2.75) is 51.6 Å². The lowest BCUT2D eigenvalue weighted by Gasteiger charge is -2.16. The molecule has 144 valence electrons. The maximum atomic E-state index is 12.5. The van der Waals surface area contributed by atoms with Crippen LogP contribution in [0.2, 0.25) is 0 Å². The molecule has 5 nitrogen and oxygen atoms in total. The van der Waals surface area contributed by atoms with Crippen LogP contribution in [0.1, 0.15) is 61.5 Å². The molecule has 1 fully saturated rings. The predicted octanol–water partition coefficient (Wildman–Crippen LogP) is 3.62. The summed E-state index contributed by atoms with van der Waals surface area (Å²) in [5.74, 6) is -1.32. The highest BCUT2D eigenvalue weighted by Gasteiger charge is 2.32. The lowest BCUT2D eigenvalue weighted by Crippen LogP contribution is -2.27. The van der Waals surface area contributed by atoms with Crippen LogP contribution in [0.15, 0.2) is 12.3 Å². The van der Waals surface area contributed by atoms with E-state index in [4.69, 9.17) is 10.5 Å². The van der Waals surface area contributed by atoms with Gasteiger partial charge in [-0.1, -0.05) is 13.8 Å². The highest BCUT2D eigenvalue weighted by Crippen LogP contribution is 2.44. The number of ether oxygens (including phenoxy) is 1. The fraction of sp³-hybridized carbons (Fsp3) is 0.611. The summed E-state index contributed by atoms with van der Waals surface area (Å²) in [5.41, 5.74) is 5.92. The first-order valence-electron chi connectivity index (χ1n) is 8.58. The number of amides is 1. The molecule has 8 heteroatoms. The zero-order valence-corrected chi connectivity index (χ0v) is 14.8. The van der Waals surface area contributed by atoms with Crippen LogP contribution in [0.25, 0.3) is 0 Å². The molecule has 1 aliphatic carbocycles. The monoisotopic (exact) mass is 372 g/mol. The Labute approximate surface area is 150 Å². The third-order valence-electron chi connectivity index (χ3n) is 4.18. The van der Waals surface area contributed by atoms with Crippen LogP contribution in [0.5, 0.6) is 5.75 Å². The standard InChI is InChI=1S/C18H23F3N2O3/c1-10(2)5-12(17(22)25)6-15(24)14-7-16(26-9-18(19,20)21)13(8-23-14)11-3-4-11/h7-8,10-12H,3-6,9H2,1-2H3,(H2,22,25)/t12-/m1/s1. The molecule has 0 unspecified atom stereocenters. The van der Waals surface area contributed by atoms with Gasteiger partial charge in [-0.25, -0.2) is 0 Å². The summed E-state index contributed by atoms with van der Waals surface area (Å²) >= 11 is 0. The van der Waals surface area contributed by atoms with Gasteiger partial charge in [0.2, 0.25) is 5.91 Å². The van der Waals surface area contributed by atoms with Gasteiger partial charge in [0, 0.05) is 30.2 Å². The minimum atomic E-state index is -4.47. The average Bonchev–Trinajstić information content (AvgIpc) is 3.35. The van der Waals surface area contributed by atoms with Crippen LogP contribution >= 0.6 is 0 Å². The van der Waals surface area contributed by atoms with Gasteiger partial charge in [-0.05, 0) is 31.1 Å². The molecule has 1 saturated carbocycles. The molecule has 0 spiro atoms. The highest BCUT2D eigenvalue weighted by atomic mass is 19.4. The Morgan fingerprint density at radius 3 is 2.50 bits per heavy atom. The van der Waals surface area contributed by atoms with E-state index in [1.54, 1.807) is 0 Å². The largest absolute Gasteiger partial charge is 0.484 e. The summed E-state index contributed by atoms with van der Waals surface area (Å²) in [4.78, 5) is 28.0. The SMILES string of the molecule is CC(C)C[C@H](CC(=O)c1cc(OCC(F)(F)F)c(C2CC2)cn1)C(N)=O. The molecule has 1 atom stereocenters. The number of pyridine rings is 1. The number of nitrogens with zero attached hydrogens (tertiary/aromatic N) is 1. The maximum Gasteiger partial charge on any atom is 0.422 e. The third-order valence-corrected chi connectivity index (χ3v) is 4.18. The van der Waals surface area contributed by atoms with Crippen molar-refractivity contribution in [3.8, 4) is 5.75 Å². The number of aromatic nitrogens is 1. The topological polar surface area (TPSA) is 82.3 Å². The van der Waals surface area contributed by atoms with Gasteiger partial charge in [0.15, 0.2) is 12.4 Å². The first-order valence-corrected chi connectivity index (χ1v) is 8.58. The molecule has 1 aromatic heterocycles. The highest BCUT2D eigenvalue weighted by molar-refractivity contribution is 5.97. The number of ketones is 1. The summed E-state index contributed by atoms with van der Waals surface area (Å²) in [7, 11) is 0. The Kier molecular flexibility index (Phi) is 6.26. The number of hydrogen-bond donors (Lipinski definition) is 1. The van der Waals surface area contributed by atoms with E-state index in [-0.39, 0.29) is 29.7 Å². The second-order valence-electron chi connectivity index (χ2n) is 7.14. The Balaban J connectivity index is 2.17. The first-order chi connectivity index (χ1) is 12.1. The number of nitrogens with two attached hydrogens (primary N) is 1. The molecular weight excluding hydrogens is 349 g/mol. The molecular formula is C18H23F3N2O3. The van der Waals surface area contributed by atoms with Crippen molar-refractivity contribution in [2.24, 2.45) is 17.6 Å². The normalized spacial score (nSPS) is 15.8. The molecule has 0 radical (unpaired) electrons.